The quantitative estimate of drug-likeness (QED) is 0.459. The van der Waals surface area contributed by atoms with E-state index in [1.54, 1.807) is 29.1 Å². The van der Waals surface area contributed by atoms with Gasteiger partial charge in [-0.1, -0.05) is 0 Å². The highest BCUT2D eigenvalue weighted by molar-refractivity contribution is 6.01. The topological polar surface area (TPSA) is 136 Å². The molecule has 0 atom stereocenters. The smallest absolute Gasteiger partial charge is 0.317 e. The number of rotatable bonds is 4. The number of carbonyl (C=O) groups excluding carboxylic acids is 1. The van der Waals surface area contributed by atoms with Crippen LogP contribution in [0.1, 0.15) is 31.6 Å². The van der Waals surface area contributed by atoms with Gasteiger partial charge in [0, 0.05) is 30.2 Å². The van der Waals surface area contributed by atoms with Gasteiger partial charge in [-0.05, 0) is 45.0 Å². The molecule has 0 bridgehead atoms. The molecule has 10 heteroatoms. The number of nitrogens with zero attached hydrogens (tertiary/aromatic N) is 5. The van der Waals surface area contributed by atoms with Crippen LogP contribution in [-0.4, -0.2) is 48.4 Å². The van der Waals surface area contributed by atoms with Gasteiger partial charge in [-0.3, -0.25) is 24.1 Å². The Hall–Kier alpha value is -3.79. The average Bonchev–Trinajstić information content (AvgIpc) is 2.79. The molecular weight excluding hydrogens is 410 g/mol. The van der Waals surface area contributed by atoms with Gasteiger partial charge in [0.05, 0.1) is 28.5 Å². The van der Waals surface area contributed by atoms with Crippen LogP contribution in [0.2, 0.25) is 0 Å². The van der Waals surface area contributed by atoms with Crippen molar-refractivity contribution in [1.29, 1.82) is 0 Å². The minimum Gasteiger partial charge on any atom is -0.317 e. The van der Waals surface area contributed by atoms with Gasteiger partial charge >= 0.3 is 5.69 Å². The van der Waals surface area contributed by atoms with Crippen molar-refractivity contribution in [2.75, 3.05) is 13.1 Å². The number of hydrogen-bond donors (Lipinski definition) is 2. The van der Waals surface area contributed by atoms with E-state index in [2.05, 4.69) is 25.3 Å². The van der Waals surface area contributed by atoms with Crippen LogP contribution in [0, 0.1) is 0 Å². The van der Waals surface area contributed by atoms with Gasteiger partial charge in [0.2, 0.25) is 0 Å². The Morgan fingerprint density at radius 3 is 2.56 bits per heavy atom. The molecule has 4 aromatic heterocycles. The number of nitrogens with one attached hydrogen (secondary N) is 2. The van der Waals surface area contributed by atoms with E-state index in [0.29, 0.717) is 39.0 Å². The van der Waals surface area contributed by atoms with Gasteiger partial charge in [-0.15, -0.1) is 0 Å². The minimum atomic E-state index is -0.478. The molecule has 2 N–H and O–H groups in total. The Balaban J connectivity index is 1.72. The summed E-state index contributed by atoms with van der Waals surface area (Å²) in [5.74, 6) is 0.431. The lowest BCUT2D eigenvalue weighted by molar-refractivity contribution is -0.116. The number of carbonyl (C=O) groups is 1. The molecule has 5 heterocycles. The summed E-state index contributed by atoms with van der Waals surface area (Å²) in [6.45, 7) is 3.08. The fourth-order valence-electron chi connectivity index (χ4n) is 4.16. The predicted octanol–water partition coefficient (Wildman–Crippen LogP) is 1.15. The zero-order valence-electron chi connectivity index (χ0n) is 17.5. The van der Waals surface area contributed by atoms with Crippen LogP contribution in [0.25, 0.3) is 33.2 Å². The summed E-state index contributed by atoms with van der Waals surface area (Å²) in [6, 6.07) is 3.55. The fourth-order valence-corrected chi connectivity index (χ4v) is 4.16. The number of ketones is 1. The van der Waals surface area contributed by atoms with E-state index in [4.69, 9.17) is 4.98 Å². The maximum absolute atomic E-state index is 12.9. The Morgan fingerprint density at radius 1 is 1.09 bits per heavy atom. The van der Waals surface area contributed by atoms with Crippen molar-refractivity contribution in [3.63, 3.8) is 0 Å². The first kappa shape index (κ1) is 20.1. The second kappa shape index (κ2) is 8.04. The zero-order chi connectivity index (χ0) is 22.2. The number of fused-ring (bicyclic) bond motifs is 3. The summed E-state index contributed by atoms with van der Waals surface area (Å²) in [7, 11) is 0. The molecule has 0 aromatic carbocycles. The molecule has 4 aromatic rings. The van der Waals surface area contributed by atoms with Crippen LogP contribution >= 0.6 is 0 Å². The molecular formula is C22H21N7O3. The summed E-state index contributed by atoms with van der Waals surface area (Å²) in [5.41, 5.74) is 1.89. The minimum absolute atomic E-state index is 0.0137. The summed E-state index contributed by atoms with van der Waals surface area (Å²) in [4.78, 5) is 56.8. The summed E-state index contributed by atoms with van der Waals surface area (Å²) in [6.07, 6.45) is 6.45. The molecule has 32 heavy (non-hydrogen) atoms. The number of aromatic nitrogens is 6. The van der Waals surface area contributed by atoms with E-state index in [1.807, 2.05) is 0 Å². The van der Waals surface area contributed by atoms with Crippen LogP contribution in [-0.2, 0) is 11.2 Å². The van der Waals surface area contributed by atoms with Crippen molar-refractivity contribution in [3.8, 4) is 11.3 Å². The van der Waals surface area contributed by atoms with E-state index in [0.717, 1.165) is 25.9 Å². The largest absolute Gasteiger partial charge is 0.329 e. The molecule has 10 nitrogen and oxygen atoms in total. The van der Waals surface area contributed by atoms with E-state index in [-0.39, 0.29) is 18.2 Å². The van der Waals surface area contributed by atoms with Gasteiger partial charge in [-0.25, -0.2) is 19.7 Å². The normalized spacial score (nSPS) is 14.8. The third-order valence-corrected chi connectivity index (χ3v) is 5.69. The van der Waals surface area contributed by atoms with E-state index >= 15 is 0 Å². The average molecular weight is 431 g/mol. The molecule has 1 fully saturated rings. The summed E-state index contributed by atoms with van der Waals surface area (Å²) in [5, 5.41) is 3.62. The second-order valence-electron chi connectivity index (χ2n) is 7.96. The molecule has 1 aliphatic rings. The third-order valence-electron chi connectivity index (χ3n) is 5.69. The summed E-state index contributed by atoms with van der Waals surface area (Å²) < 4.78 is 1.66. The van der Waals surface area contributed by atoms with Gasteiger partial charge < -0.3 is 5.32 Å². The molecule has 0 radical (unpaired) electrons. The Kier molecular flexibility index (Phi) is 5.06. The Bertz CT molecular complexity index is 1450. The fraction of sp³-hybridized carbons (Fsp3) is 0.318. The number of Topliss-reactive ketones (excluding diaryl/α,β-unsaturated/α-hetero) is 1. The Morgan fingerprint density at radius 2 is 1.84 bits per heavy atom. The molecule has 0 aliphatic carbocycles. The molecule has 0 unspecified atom stereocenters. The van der Waals surface area contributed by atoms with Crippen molar-refractivity contribution in [2.24, 2.45) is 0 Å². The number of piperidine rings is 1. The van der Waals surface area contributed by atoms with Crippen molar-refractivity contribution < 1.29 is 4.79 Å². The number of hydrogen-bond acceptors (Lipinski definition) is 8. The molecule has 162 valence electrons. The van der Waals surface area contributed by atoms with Gasteiger partial charge in [0.1, 0.15) is 17.1 Å². The van der Waals surface area contributed by atoms with E-state index < -0.39 is 11.2 Å². The SMILES string of the molecule is CC(=O)Cc1ncc(-c2ccc3ncc4c(=O)[nH]c(=O)n(C5CCNCC5)c4c3n2)cn1. The number of aromatic amines is 1. The highest BCUT2D eigenvalue weighted by atomic mass is 16.2. The summed E-state index contributed by atoms with van der Waals surface area (Å²) >= 11 is 0. The monoisotopic (exact) mass is 431 g/mol. The molecule has 1 saturated heterocycles. The third kappa shape index (κ3) is 3.58. The first-order valence-electron chi connectivity index (χ1n) is 10.5. The van der Waals surface area contributed by atoms with Crippen molar-refractivity contribution in [1.82, 2.24) is 34.8 Å². The molecule has 1 aliphatic heterocycles. The maximum atomic E-state index is 12.9. The maximum Gasteiger partial charge on any atom is 0.329 e. The van der Waals surface area contributed by atoms with Crippen molar-refractivity contribution >= 4 is 27.7 Å². The first-order valence-corrected chi connectivity index (χ1v) is 10.5. The van der Waals surface area contributed by atoms with Crippen LogP contribution in [0.4, 0.5) is 0 Å². The van der Waals surface area contributed by atoms with Crippen LogP contribution in [0.15, 0.2) is 40.3 Å². The van der Waals surface area contributed by atoms with Gasteiger partial charge in [0.25, 0.3) is 5.56 Å². The Labute approximate surface area is 181 Å². The molecule has 0 amide bonds. The number of pyridine rings is 2. The van der Waals surface area contributed by atoms with Crippen molar-refractivity contribution in [2.45, 2.75) is 32.2 Å². The lowest BCUT2D eigenvalue weighted by Crippen LogP contribution is -2.38. The lowest BCUT2D eigenvalue weighted by atomic mass is 10.1. The van der Waals surface area contributed by atoms with E-state index in [9.17, 15) is 14.4 Å². The molecule has 0 spiro atoms. The first-order chi connectivity index (χ1) is 15.5. The number of H-pyrrole nitrogens is 1. The second-order valence-corrected chi connectivity index (χ2v) is 7.96. The van der Waals surface area contributed by atoms with Gasteiger partial charge in [-0.2, -0.15) is 0 Å². The van der Waals surface area contributed by atoms with Crippen LogP contribution in [0.5, 0.6) is 0 Å². The van der Waals surface area contributed by atoms with Crippen LogP contribution < -0.4 is 16.6 Å². The molecule has 5 rings (SSSR count). The zero-order valence-corrected chi connectivity index (χ0v) is 17.5. The predicted molar refractivity (Wildman–Crippen MR) is 118 cm³/mol. The van der Waals surface area contributed by atoms with Gasteiger partial charge in [0.15, 0.2) is 0 Å². The van der Waals surface area contributed by atoms with Crippen molar-refractivity contribution in [3.05, 3.63) is 57.4 Å². The van der Waals surface area contributed by atoms with E-state index in [1.165, 1.54) is 13.1 Å². The van der Waals surface area contributed by atoms with Crippen LogP contribution in [0.3, 0.4) is 0 Å². The highest BCUT2D eigenvalue weighted by Crippen LogP contribution is 2.27. The lowest BCUT2D eigenvalue weighted by Gasteiger charge is -2.26. The highest BCUT2D eigenvalue weighted by Gasteiger charge is 2.22. The molecule has 0 saturated carbocycles. The standard InChI is InChI=1S/C22H21N7O3/c1-12(30)8-18-25-9-13(10-26-18)16-2-3-17-19(27-16)20-15(11-24-17)21(31)28-22(32)29(20)14-4-6-23-7-5-14/h2-3,9-11,14,23H,4-8H2,1H3,(H,28,31,32).